The maximum absolute atomic E-state index is 12.9. The zero-order valence-electron chi connectivity index (χ0n) is 14.9. The molecule has 28 heavy (non-hydrogen) atoms. The average molecular weight is 412 g/mol. The van der Waals surface area contributed by atoms with Crippen LogP contribution in [0.4, 0.5) is 24.7 Å². The first-order valence-corrected chi connectivity index (χ1v) is 8.91. The molecule has 1 aromatic heterocycles. The molecule has 0 saturated heterocycles. The van der Waals surface area contributed by atoms with Crippen LogP contribution in [0.25, 0.3) is 10.9 Å². The van der Waals surface area contributed by atoms with E-state index >= 15 is 0 Å². The zero-order valence-corrected chi connectivity index (χ0v) is 15.6. The van der Waals surface area contributed by atoms with Gasteiger partial charge in [0.2, 0.25) is 0 Å². The van der Waals surface area contributed by atoms with Crippen LogP contribution in [0.3, 0.4) is 0 Å². The first kappa shape index (κ1) is 20.0. The number of rotatable bonds is 7. The summed E-state index contributed by atoms with van der Waals surface area (Å²) in [5.41, 5.74) is 0.0748. The second-order valence-electron chi connectivity index (χ2n) is 5.84. The number of benzene rings is 2. The van der Waals surface area contributed by atoms with E-state index in [9.17, 15) is 13.2 Å². The Bertz CT molecular complexity index is 967. The van der Waals surface area contributed by atoms with Crippen molar-refractivity contribution in [2.45, 2.75) is 12.6 Å². The minimum absolute atomic E-state index is 0.260. The Morgan fingerprint density at radius 3 is 2.64 bits per heavy atom. The van der Waals surface area contributed by atoms with Crippen molar-refractivity contribution in [1.82, 2.24) is 9.97 Å². The number of nitrogens with one attached hydrogen (secondary N) is 1. The van der Waals surface area contributed by atoms with E-state index in [2.05, 4.69) is 15.3 Å². The molecule has 1 N–H and O–H groups in total. The first-order valence-electron chi connectivity index (χ1n) is 8.38. The van der Waals surface area contributed by atoms with Gasteiger partial charge in [0.1, 0.15) is 12.1 Å². The van der Waals surface area contributed by atoms with Crippen molar-refractivity contribution in [3.05, 3.63) is 48.3 Å². The minimum Gasteiger partial charge on any atom is -0.493 e. The molecule has 0 unspecified atom stereocenters. The molecule has 0 bridgehead atoms. The Balaban J connectivity index is 1.96. The topological polar surface area (TPSA) is 56.3 Å². The van der Waals surface area contributed by atoms with Gasteiger partial charge in [-0.25, -0.2) is 9.97 Å². The van der Waals surface area contributed by atoms with Crippen LogP contribution in [0.5, 0.6) is 11.5 Å². The van der Waals surface area contributed by atoms with Crippen LogP contribution in [-0.4, -0.2) is 29.6 Å². The molecule has 148 valence electrons. The molecule has 5 nitrogen and oxygen atoms in total. The number of nitrogens with zero attached hydrogens (tertiary/aromatic N) is 2. The van der Waals surface area contributed by atoms with Crippen LogP contribution in [0.1, 0.15) is 12.0 Å². The lowest BCUT2D eigenvalue weighted by atomic mass is 10.1. The van der Waals surface area contributed by atoms with Crippen LogP contribution < -0.4 is 14.8 Å². The Kier molecular flexibility index (Phi) is 6.08. The predicted molar refractivity (Wildman–Crippen MR) is 102 cm³/mol. The number of halogens is 4. The minimum atomic E-state index is -4.43. The van der Waals surface area contributed by atoms with Gasteiger partial charge in [0.25, 0.3) is 0 Å². The van der Waals surface area contributed by atoms with Crippen LogP contribution in [0, 0.1) is 0 Å². The highest BCUT2D eigenvalue weighted by Crippen LogP contribution is 2.36. The quantitative estimate of drug-likeness (QED) is 0.416. The highest BCUT2D eigenvalue weighted by atomic mass is 35.5. The third kappa shape index (κ3) is 4.56. The Labute approximate surface area is 164 Å². The molecule has 0 aliphatic carbocycles. The number of hydrogen-bond acceptors (Lipinski definition) is 5. The summed E-state index contributed by atoms with van der Waals surface area (Å²) in [7, 11) is 1.50. The maximum Gasteiger partial charge on any atom is 0.416 e. The van der Waals surface area contributed by atoms with Crippen molar-refractivity contribution < 1.29 is 22.6 Å². The summed E-state index contributed by atoms with van der Waals surface area (Å²) >= 11 is 5.66. The monoisotopic (exact) mass is 411 g/mol. The van der Waals surface area contributed by atoms with Crippen molar-refractivity contribution in [3.8, 4) is 11.5 Å². The molecule has 0 spiro atoms. The van der Waals surface area contributed by atoms with Crippen molar-refractivity contribution in [2.75, 3.05) is 24.9 Å². The molecule has 3 rings (SSSR count). The molecule has 9 heteroatoms. The Morgan fingerprint density at radius 1 is 1.11 bits per heavy atom. The summed E-state index contributed by atoms with van der Waals surface area (Å²) in [6.07, 6.45) is -2.42. The lowest BCUT2D eigenvalue weighted by molar-refractivity contribution is -0.137. The molecule has 2 aromatic carbocycles. The highest BCUT2D eigenvalue weighted by Gasteiger charge is 2.30. The number of aromatic nitrogens is 2. The van der Waals surface area contributed by atoms with E-state index < -0.39 is 11.7 Å². The van der Waals surface area contributed by atoms with E-state index in [1.165, 1.54) is 25.6 Å². The van der Waals surface area contributed by atoms with E-state index in [0.717, 1.165) is 12.1 Å². The van der Waals surface area contributed by atoms with Gasteiger partial charge in [-0.3, -0.25) is 0 Å². The van der Waals surface area contributed by atoms with Gasteiger partial charge in [-0.05, 0) is 30.7 Å². The van der Waals surface area contributed by atoms with Gasteiger partial charge in [-0.1, -0.05) is 6.07 Å². The smallest absolute Gasteiger partial charge is 0.416 e. The maximum atomic E-state index is 12.9. The van der Waals surface area contributed by atoms with Gasteiger partial charge < -0.3 is 14.8 Å². The fourth-order valence-electron chi connectivity index (χ4n) is 2.58. The van der Waals surface area contributed by atoms with Gasteiger partial charge in [-0.2, -0.15) is 13.2 Å². The molecular formula is C19H17ClF3N3O2. The second kappa shape index (κ2) is 8.52. The fraction of sp³-hybridized carbons (Fsp3) is 0.263. The van der Waals surface area contributed by atoms with Gasteiger partial charge in [0, 0.05) is 23.0 Å². The van der Waals surface area contributed by atoms with Crippen molar-refractivity contribution >= 4 is 34.0 Å². The number of hydrogen-bond donors (Lipinski definition) is 1. The molecule has 0 radical (unpaired) electrons. The predicted octanol–water partition coefficient (Wildman–Crippen LogP) is 5.41. The van der Waals surface area contributed by atoms with Crippen LogP contribution in [-0.2, 0) is 6.18 Å². The van der Waals surface area contributed by atoms with E-state index in [1.54, 1.807) is 12.1 Å². The molecule has 0 atom stereocenters. The lowest BCUT2D eigenvalue weighted by Gasteiger charge is -2.14. The third-order valence-corrected chi connectivity index (χ3v) is 4.18. The van der Waals surface area contributed by atoms with E-state index in [0.29, 0.717) is 47.1 Å². The number of methoxy groups -OCH3 is 1. The van der Waals surface area contributed by atoms with Crippen molar-refractivity contribution in [2.24, 2.45) is 0 Å². The molecule has 0 aliphatic rings. The van der Waals surface area contributed by atoms with E-state index in [-0.39, 0.29) is 5.69 Å². The lowest BCUT2D eigenvalue weighted by Crippen LogP contribution is -2.05. The number of alkyl halides is 4. The largest absolute Gasteiger partial charge is 0.493 e. The fourth-order valence-corrected chi connectivity index (χ4v) is 2.69. The normalized spacial score (nSPS) is 11.5. The summed E-state index contributed by atoms with van der Waals surface area (Å²) in [6.45, 7) is 0.422. The molecule has 3 aromatic rings. The highest BCUT2D eigenvalue weighted by molar-refractivity contribution is 6.17. The molecular weight excluding hydrogens is 395 g/mol. The molecule has 0 aliphatic heterocycles. The summed E-state index contributed by atoms with van der Waals surface area (Å²) in [5.74, 6) is 1.80. The summed E-state index contributed by atoms with van der Waals surface area (Å²) < 4.78 is 49.9. The average Bonchev–Trinajstić information content (AvgIpc) is 2.67. The van der Waals surface area contributed by atoms with Crippen LogP contribution in [0.2, 0.25) is 0 Å². The molecule has 1 heterocycles. The molecule has 0 saturated carbocycles. The van der Waals surface area contributed by atoms with E-state index in [4.69, 9.17) is 21.1 Å². The number of ether oxygens (including phenoxy) is 2. The van der Waals surface area contributed by atoms with Gasteiger partial charge in [0.05, 0.1) is 24.8 Å². The third-order valence-electron chi connectivity index (χ3n) is 3.91. The van der Waals surface area contributed by atoms with Gasteiger partial charge in [-0.15, -0.1) is 11.6 Å². The first-order chi connectivity index (χ1) is 13.4. The van der Waals surface area contributed by atoms with Crippen LogP contribution >= 0.6 is 11.6 Å². The summed E-state index contributed by atoms with van der Waals surface area (Å²) in [4.78, 5) is 8.37. The van der Waals surface area contributed by atoms with Gasteiger partial charge >= 0.3 is 6.18 Å². The number of anilines is 2. The molecule has 0 fully saturated rings. The second-order valence-corrected chi connectivity index (χ2v) is 6.22. The Morgan fingerprint density at radius 2 is 1.93 bits per heavy atom. The van der Waals surface area contributed by atoms with E-state index in [1.807, 2.05) is 0 Å². The van der Waals surface area contributed by atoms with Crippen molar-refractivity contribution in [3.63, 3.8) is 0 Å². The SMILES string of the molecule is COc1cc2c(Nc3cccc(C(F)(F)F)c3)ncnc2cc1OCCCCl. The van der Waals surface area contributed by atoms with Crippen molar-refractivity contribution in [1.29, 1.82) is 0 Å². The zero-order chi connectivity index (χ0) is 20.1. The summed E-state index contributed by atoms with van der Waals surface area (Å²) in [5, 5.41) is 3.50. The van der Waals surface area contributed by atoms with Crippen LogP contribution in [0.15, 0.2) is 42.7 Å². The number of fused-ring (bicyclic) bond motifs is 1. The molecule has 0 amide bonds. The van der Waals surface area contributed by atoms with Gasteiger partial charge in [0.15, 0.2) is 11.5 Å². The Hall–Kier alpha value is -2.74. The summed E-state index contributed by atoms with van der Waals surface area (Å²) in [6, 6.07) is 8.27. The standard InChI is InChI=1S/C19H17ClF3N3O2/c1-27-16-9-14-15(10-17(16)28-7-3-6-20)24-11-25-18(14)26-13-5-2-4-12(8-13)19(21,22)23/h2,4-5,8-11H,3,6-7H2,1H3,(H,24,25,26).